The molecular weight excluding hydrogens is 364 g/mol. The second kappa shape index (κ2) is 6.76. The molecule has 0 atom stereocenters. The van der Waals surface area contributed by atoms with Gasteiger partial charge in [-0.15, -0.1) is 10.2 Å². The van der Waals surface area contributed by atoms with Gasteiger partial charge in [-0.25, -0.2) is 0 Å². The van der Waals surface area contributed by atoms with Gasteiger partial charge in [-0.05, 0) is 26.0 Å². The Morgan fingerprint density at radius 1 is 1.19 bits per heavy atom. The molecule has 2 aromatic rings. The summed E-state index contributed by atoms with van der Waals surface area (Å²) in [5, 5.41) is 16.1. The lowest BCUT2D eigenvalue weighted by atomic mass is 10.1. The van der Waals surface area contributed by atoms with Gasteiger partial charge in [0.05, 0.1) is 16.8 Å². The molecule has 136 valence electrons. The van der Waals surface area contributed by atoms with E-state index in [0.717, 1.165) is 5.01 Å². The van der Waals surface area contributed by atoms with E-state index in [2.05, 4.69) is 20.6 Å². The number of nitrogens with one attached hydrogen (secondary N) is 1. The number of pyridine rings is 1. The topological polar surface area (TPSA) is 94.7 Å². The third-order valence-electron chi connectivity index (χ3n) is 4.08. The van der Waals surface area contributed by atoms with Crippen molar-refractivity contribution in [2.75, 3.05) is 5.32 Å². The smallest absolute Gasteiger partial charge is 0.282 e. The van der Waals surface area contributed by atoms with Crippen LogP contribution in [0.25, 0.3) is 16.9 Å². The summed E-state index contributed by atoms with van der Waals surface area (Å²) in [5.74, 6) is -0.378. The van der Waals surface area contributed by atoms with Crippen molar-refractivity contribution in [3.05, 3.63) is 63.7 Å². The predicted molar refractivity (Wildman–Crippen MR) is 103 cm³/mol. The van der Waals surface area contributed by atoms with Crippen LogP contribution in [0.2, 0.25) is 0 Å². The summed E-state index contributed by atoms with van der Waals surface area (Å²) in [6.07, 6.45) is 3.41. The number of benzene rings is 1. The molecule has 0 spiro atoms. The van der Waals surface area contributed by atoms with Gasteiger partial charge in [0.1, 0.15) is 10.7 Å². The van der Waals surface area contributed by atoms with E-state index in [1.54, 1.807) is 29.1 Å². The molecule has 1 aromatic heterocycles. The first kappa shape index (κ1) is 17.1. The summed E-state index contributed by atoms with van der Waals surface area (Å²) in [6, 6.07) is 9.12. The number of hydrogen-bond acceptors (Lipinski definition) is 6. The molecule has 0 fully saturated rings. The minimum Gasteiger partial charge on any atom is -0.353 e. The zero-order valence-electron chi connectivity index (χ0n) is 14.7. The summed E-state index contributed by atoms with van der Waals surface area (Å²) < 4.78 is 3.11. The standard InChI is InChI=1S/C18H16N6O2S/c1-3-23-9-13(16(25)19-18-21-20-11(2)27-18)15-14(10-23)17(26)24(22-15)12-7-5-4-6-8-12/h4-10H,3H2,1-2H3,(H,19,21,25). The Labute approximate surface area is 158 Å². The van der Waals surface area contributed by atoms with Crippen molar-refractivity contribution < 1.29 is 4.79 Å². The Morgan fingerprint density at radius 2 is 1.96 bits per heavy atom. The third kappa shape index (κ3) is 3.13. The number of aryl methyl sites for hydroxylation is 2. The van der Waals surface area contributed by atoms with Gasteiger partial charge in [-0.3, -0.25) is 14.9 Å². The normalized spacial score (nSPS) is 11.0. The number of aromatic nitrogens is 5. The number of rotatable bonds is 4. The van der Waals surface area contributed by atoms with Crippen LogP contribution in [0.15, 0.2) is 47.5 Å². The molecule has 3 heterocycles. The monoisotopic (exact) mass is 380 g/mol. The number of hydrogen-bond donors (Lipinski definition) is 1. The number of fused-ring (bicyclic) bond motifs is 1. The highest BCUT2D eigenvalue weighted by Crippen LogP contribution is 2.24. The SMILES string of the molecule is CCn1cc(C(=O)Nc2nnc(C)s2)c2nn(-c3ccccc3)c(=O)c-2c1. The maximum absolute atomic E-state index is 12.9. The third-order valence-corrected chi connectivity index (χ3v) is 4.83. The van der Waals surface area contributed by atoms with Gasteiger partial charge in [0.2, 0.25) is 5.13 Å². The van der Waals surface area contributed by atoms with Crippen LogP contribution in [0.5, 0.6) is 0 Å². The van der Waals surface area contributed by atoms with Gasteiger partial charge < -0.3 is 4.57 Å². The number of amides is 1. The van der Waals surface area contributed by atoms with E-state index in [1.807, 2.05) is 32.0 Å². The molecular formula is C18H16N6O2S. The quantitative estimate of drug-likeness (QED) is 0.587. The van der Waals surface area contributed by atoms with Crippen LogP contribution in [0.1, 0.15) is 22.3 Å². The average Bonchev–Trinajstić information content (AvgIpc) is 3.24. The highest BCUT2D eigenvalue weighted by molar-refractivity contribution is 7.15. The number of para-hydroxylation sites is 1. The highest BCUT2D eigenvalue weighted by atomic mass is 32.1. The molecule has 27 heavy (non-hydrogen) atoms. The molecule has 1 N–H and O–H groups in total. The molecule has 1 amide bonds. The first-order valence-electron chi connectivity index (χ1n) is 8.36. The van der Waals surface area contributed by atoms with Gasteiger partial charge >= 0.3 is 0 Å². The van der Waals surface area contributed by atoms with Gasteiger partial charge in [-0.2, -0.15) is 9.78 Å². The zero-order valence-corrected chi connectivity index (χ0v) is 15.5. The average molecular weight is 380 g/mol. The molecule has 2 aliphatic rings. The number of nitrogens with zero attached hydrogens (tertiary/aromatic N) is 5. The van der Waals surface area contributed by atoms with E-state index >= 15 is 0 Å². The van der Waals surface area contributed by atoms with E-state index in [9.17, 15) is 9.59 Å². The molecule has 0 saturated heterocycles. The van der Waals surface area contributed by atoms with E-state index in [-0.39, 0.29) is 11.5 Å². The molecule has 0 radical (unpaired) electrons. The molecule has 4 rings (SSSR count). The van der Waals surface area contributed by atoms with Gasteiger partial charge in [-0.1, -0.05) is 29.5 Å². The molecule has 9 heteroatoms. The van der Waals surface area contributed by atoms with Crippen molar-refractivity contribution in [1.29, 1.82) is 0 Å². The van der Waals surface area contributed by atoms with Crippen LogP contribution in [0.3, 0.4) is 0 Å². The van der Waals surface area contributed by atoms with E-state index in [0.29, 0.717) is 34.2 Å². The Kier molecular flexibility index (Phi) is 4.28. The van der Waals surface area contributed by atoms with Crippen molar-refractivity contribution in [1.82, 2.24) is 24.5 Å². The number of carbonyl (C=O) groups is 1. The minimum absolute atomic E-state index is 0.264. The van der Waals surface area contributed by atoms with Crippen LogP contribution in [-0.2, 0) is 6.54 Å². The van der Waals surface area contributed by atoms with Crippen molar-refractivity contribution in [2.45, 2.75) is 20.4 Å². The molecule has 2 aliphatic heterocycles. The lowest BCUT2D eigenvalue weighted by Gasteiger charge is -2.10. The summed E-state index contributed by atoms with van der Waals surface area (Å²) in [5.41, 5.74) is 1.44. The second-order valence-electron chi connectivity index (χ2n) is 5.90. The maximum Gasteiger partial charge on any atom is 0.282 e. The molecule has 1 aromatic carbocycles. The fraction of sp³-hybridized carbons (Fsp3) is 0.167. The van der Waals surface area contributed by atoms with Crippen LogP contribution in [0.4, 0.5) is 5.13 Å². The van der Waals surface area contributed by atoms with Gasteiger partial charge in [0.25, 0.3) is 11.5 Å². The molecule has 0 saturated carbocycles. The fourth-order valence-electron chi connectivity index (χ4n) is 2.76. The largest absolute Gasteiger partial charge is 0.353 e. The minimum atomic E-state index is -0.378. The predicted octanol–water partition coefficient (Wildman–Crippen LogP) is 2.57. The van der Waals surface area contributed by atoms with Crippen molar-refractivity contribution in [2.24, 2.45) is 0 Å². The Morgan fingerprint density at radius 3 is 2.63 bits per heavy atom. The number of carbonyl (C=O) groups excluding carboxylic acids is 1. The molecule has 0 aliphatic carbocycles. The van der Waals surface area contributed by atoms with Crippen molar-refractivity contribution in [3.63, 3.8) is 0 Å². The fourth-order valence-corrected chi connectivity index (χ4v) is 3.35. The summed E-state index contributed by atoms with van der Waals surface area (Å²) in [6.45, 7) is 4.36. The maximum atomic E-state index is 12.9. The van der Waals surface area contributed by atoms with Crippen molar-refractivity contribution in [3.8, 4) is 16.9 Å². The van der Waals surface area contributed by atoms with E-state index < -0.39 is 0 Å². The highest BCUT2D eigenvalue weighted by Gasteiger charge is 2.24. The summed E-state index contributed by atoms with van der Waals surface area (Å²) >= 11 is 1.28. The zero-order chi connectivity index (χ0) is 19.0. The molecule has 0 unspecified atom stereocenters. The first-order chi connectivity index (χ1) is 13.1. The lowest BCUT2D eigenvalue weighted by Crippen LogP contribution is -2.17. The van der Waals surface area contributed by atoms with E-state index in [1.165, 1.54) is 16.0 Å². The Balaban J connectivity index is 1.84. The second-order valence-corrected chi connectivity index (χ2v) is 7.08. The molecule has 0 bridgehead atoms. The lowest BCUT2D eigenvalue weighted by molar-refractivity contribution is 0.102. The Hall–Kier alpha value is -3.33. The first-order valence-corrected chi connectivity index (χ1v) is 9.18. The van der Waals surface area contributed by atoms with Gasteiger partial charge in [0, 0.05) is 18.9 Å². The van der Waals surface area contributed by atoms with Crippen molar-refractivity contribution >= 4 is 22.4 Å². The van der Waals surface area contributed by atoms with Crippen LogP contribution >= 0.6 is 11.3 Å². The van der Waals surface area contributed by atoms with E-state index in [4.69, 9.17) is 0 Å². The van der Waals surface area contributed by atoms with Gasteiger partial charge in [0.15, 0.2) is 0 Å². The van der Waals surface area contributed by atoms with Crippen LogP contribution in [-0.4, -0.2) is 30.5 Å². The summed E-state index contributed by atoms with van der Waals surface area (Å²) in [7, 11) is 0. The van der Waals surface area contributed by atoms with Crippen LogP contribution < -0.4 is 10.9 Å². The number of anilines is 1. The summed E-state index contributed by atoms with van der Waals surface area (Å²) in [4.78, 5) is 25.7. The Bertz CT molecular complexity index is 1140. The molecule has 8 nitrogen and oxygen atoms in total. The van der Waals surface area contributed by atoms with Crippen LogP contribution in [0, 0.1) is 6.92 Å².